The van der Waals surface area contributed by atoms with Crippen LogP contribution in [-0.4, -0.2) is 49.7 Å². The second-order valence-electron chi connectivity index (χ2n) is 5.01. The van der Waals surface area contributed by atoms with Gasteiger partial charge in [-0.25, -0.2) is 4.98 Å². The van der Waals surface area contributed by atoms with Gasteiger partial charge < -0.3 is 10.2 Å². The number of anilines is 1. The number of pyridine rings is 1. The Hall–Kier alpha value is -1.13. The summed E-state index contributed by atoms with van der Waals surface area (Å²) in [6.45, 7) is 6.37. The summed E-state index contributed by atoms with van der Waals surface area (Å²) >= 11 is 0. The van der Waals surface area contributed by atoms with Crippen molar-refractivity contribution in [2.75, 3.05) is 38.6 Å². The maximum Gasteiger partial charge on any atom is 0.128 e. The molecule has 1 aliphatic rings. The van der Waals surface area contributed by atoms with Crippen molar-refractivity contribution in [1.82, 2.24) is 15.2 Å². The molecule has 2 heterocycles. The molecule has 1 atom stereocenters. The van der Waals surface area contributed by atoms with E-state index in [2.05, 4.69) is 47.3 Å². The summed E-state index contributed by atoms with van der Waals surface area (Å²) in [7, 11) is 4.17. The minimum Gasteiger partial charge on any atom is -0.354 e. The van der Waals surface area contributed by atoms with E-state index in [1.807, 2.05) is 7.05 Å². The van der Waals surface area contributed by atoms with Gasteiger partial charge in [-0.05, 0) is 32.6 Å². The largest absolute Gasteiger partial charge is 0.354 e. The van der Waals surface area contributed by atoms with E-state index < -0.39 is 0 Å². The van der Waals surface area contributed by atoms with Crippen LogP contribution in [0.15, 0.2) is 18.2 Å². The molecule has 1 saturated heterocycles. The molecule has 1 aliphatic heterocycles. The first-order valence-electron chi connectivity index (χ1n) is 6.80. The Morgan fingerprint density at radius 2 is 2.22 bits per heavy atom. The van der Waals surface area contributed by atoms with Gasteiger partial charge in [0.1, 0.15) is 5.82 Å². The Bertz CT molecular complexity index is 380. The number of likely N-dealkylation sites (N-methyl/N-ethyl adjacent to an activating group) is 1. The molecule has 0 amide bonds. The quantitative estimate of drug-likeness (QED) is 0.871. The van der Waals surface area contributed by atoms with E-state index in [9.17, 15) is 0 Å². The Balaban J connectivity index is 2.09. The summed E-state index contributed by atoms with van der Waals surface area (Å²) in [5, 5.41) is 3.15. The van der Waals surface area contributed by atoms with Crippen molar-refractivity contribution in [3.63, 3.8) is 0 Å². The van der Waals surface area contributed by atoms with Gasteiger partial charge >= 0.3 is 0 Å². The molecular formula is C14H24N4. The number of aromatic nitrogens is 1. The lowest BCUT2D eigenvalue weighted by atomic mass is 10.1. The number of rotatable bonds is 4. The molecule has 0 aromatic carbocycles. The molecule has 0 spiro atoms. The molecule has 100 valence electrons. The average molecular weight is 248 g/mol. The molecule has 4 heteroatoms. The number of nitrogens with one attached hydrogen (secondary N) is 1. The topological polar surface area (TPSA) is 31.4 Å². The summed E-state index contributed by atoms with van der Waals surface area (Å²) < 4.78 is 0. The summed E-state index contributed by atoms with van der Waals surface area (Å²) in [5.41, 5.74) is 1.11. The molecule has 1 N–H and O–H groups in total. The Labute approximate surface area is 110 Å². The zero-order valence-corrected chi connectivity index (χ0v) is 11.7. The highest BCUT2D eigenvalue weighted by Crippen LogP contribution is 2.18. The highest BCUT2D eigenvalue weighted by atomic mass is 15.3. The van der Waals surface area contributed by atoms with Crippen LogP contribution in [0.5, 0.6) is 0 Å². The SMILES string of the molecule is CCC1CN(c2cccc(CNC)n2)CCN1C. The lowest BCUT2D eigenvalue weighted by Crippen LogP contribution is -2.51. The van der Waals surface area contributed by atoms with E-state index in [-0.39, 0.29) is 0 Å². The van der Waals surface area contributed by atoms with Gasteiger partial charge in [-0.3, -0.25) is 4.90 Å². The average Bonchev–Trinajstić information content (AvgIpc) is 2.40. The smallest absolute Gasteiger partial charge is 0.128 e. The summed E-state index contributed by atoms with van der Waals surface area (Å²) in [5.74, 6) is 1.12. The van der Waals surface area contributed by atoms with E-state index in [0.29, 0.717) is 6.04 Å². The van der Waals surface area contributed by atoms with Crippen molar-refractivity contribution in [3.8, 4) is 0 Å². The van der Waals surface area contributed by atoms with Gasteiger partial charge in [0, 0.05) is 32.2 Å². The van der Waals surface area contributed by atoms with Crippen molar-refractivity contribution >= 4 is 5.82 Å². The summed E-state index contributed by atoms with van der Waals surface area (Å²) in [6, 6.07) is 6.95. The number of hydrogen-bond acceptors (Lipinski definition) is 4. The predicted octanol–water partition coefficient (Wildman–Crippen LogP) is 1.33. The highest BCUT2D eigenvalue weighted by molar-refractivity contribution is 5.40. The van der Waals surface area contributed by atoms with Gasteiger partial charge in [-0.2, -0.15) is 0 Å². The molecule has 0 aliphatic carbocycles. The molecule has 4 nitrogen and oxygen atoms in total. The van der Waals surface area contributed by atoms with Crippen molar-refractivity contribution in [3.05, 3.63) is 23.9 Å². The molecule has 2 rings (SSSR count). The fourth-order valence-electron chi connectivity index (χ4n) is 2.52. The van der Waals surface area contributed by atoms with Crippen molar-refractivity contribution in [2.24, 2.45) is 0 Å². The predicted molar refractivity (Wildman–Crippen MR) is 75.9 cm³/mol. The first kappa shape index (κ1) is 13.3. The van der Waals surface area contributed by atoms with Gasteiger partial charge in [0.15, 0.2) is 0 Å². The Morgan fingerprint density at radius 3 is 2.94 bits per heavy atom. The standard InChI is InChI=1S/C14H24N4/c1-4-13-11-18(9-8-17(13)3)14-7-5-6-12(16-14)10-15-2/h5-7,13,15H,4,8-11H2,1-3H3. The van der Waals surface area contributed by atoms with Crippen molar-refractivity contribution < 1.29 is 0 Å². The number of hydrogen-bond donors (Lipinski definition) is 1. The van der Waals surface area contributed by atoms with Gasteiger partial charge in [0.2, 0.25) is 0 Å². The van der Waals surface area contributed by atoms with Gasteiger partial charge in [-0.1, -0.05) is 13.0 Å². The molecule has 1 fully saturated rings. The molecule has 0 radical (unpaired) electrons. The minimum absolute atomic E-state index is 0.647. The molecule has 0 saturated carbocycles. The van der Waals surface area contributed by atoms with Gasteiger partial charge in [0.25, 0.3) is 0 Å². The molecule has 1 aromatic heterocycles. The van der Waals surface area contributed by atoms with Crippen LogP contribution < -0.4 is 10.2 Å². The van der Waals surface area contributed by atoms with Gasteiger partial charge in [0.05, 0.1) is 5.69 Å². The maximum absolute atomic E-state index is 4.72. The summed E-state index contributed by atoms with van der Waals surface area (Å²) in [4.78, 5) is 9.59. The van der Waals surface area contributed by atoms with Gasteiger partial charge in [-0.15, -0.1) is 0 Å². The lowest BCUT2D eigenvalue weighted by Gasteiger charge is -2.39. The van der Waals surface area contributed by atoms with E-state index in [4.69, 9.17) is 4.98 Å². The van der Waals surface area contributed by atoms with Crippen LogP contribution in [-0.2, 0) is 6.54 Å². The zero-order valence-electron chi connectivity index (χ0n) is 11.7. The molecule has 18 heavy (non-hydrogen) atoms. The maximum atomic E-state index is 4.72. The number of piperazine rings is 1. The third kappa shape index (κ3) is 3.00. The van der Waals surface area contributed by atoms with E-state index >= 15 is 0 Å². The summed E-state index contributed by atoms with van der Waals surface area (Å²) in [6.07, 6.45) is 1.20. The second kappa shape index (κ2) is 6.16. The fraction of sp³-hybridized carbons (Fsp3) is 0.643. The van der Waals surface area contributed by atoms with Crippen molar-refractivity contribution in [2.45, 2.75) is 25.9 Å². The fourth-order valence-corrected chi connectivity index (χ4v) is 2.52. The van der Waals surface area contributed by atoms with Crippen LogP contribution in [0.25, 0.3) is 0 Å². The van der Waals surface area contributed by atoms with Crippen LogP contribution >= 0.6 is 0 Å². The third-order valence-electron chi connectivity index (χ3n) is 3.72. The lowest BCUT2D eigenvalue weighted by molar-refractivity contribution is 0.213. The first-order chi connectivity index (χ1) is 8.74. The molecule has 0 bridgehead atoms. The van der Waals surface area contributed by atoms with Crippen LogP contribution in [0.1, 0.15) is 19.0 Å². The monoisotopic (exact) mass is 248 g/mol. The third-order valence-corrected chi connectivity index (χ3v) is 3.72. The van der Waals surface area contributed by atoms with E-state index in [1.54, 1.807) is 0 Å². The molecule has 1 unspecified atom stereocenters. The highest BCUT2D eigenvalue weighted by Gasteiger charge is 2.23. The van der Waals surface area contributed by atoms with E-state index in [1.165, 1.54) is 6.42 Å². The van der Waals surface area contributed by atoms with Crippen molar-refractivity contribution in [1.29, 1.82) is 0 Å². The van der Waals surface area contributed by atoms with E-state index in [0.717, 1.165) is 37.7 Å². The van der Waals surface area contributed by atoms with Crippen LogP contribution in [0, 0.1) is 0 Å². The normalized spacial score (nSPS) is 21.3. The molecular weight excluding hydrogens is 224 g/mol. The van der Waals surface area contributed by atoms with Crippen LogP contribution in [0.2, 0.25) is 0 Å². The van der Waals surface area contributed by atoms with Crippen LogP contribution in [0.4, 0.5) is 5.82 Å². The second-order valence-corrected chi connectivity index (χ2v) is 5.01. The number of nitrogens with zero attached hydrogens (tertiary/aromatic N) is 3. The Kier molecular flexibility index (Phi) is 4.55. The van der Waals surface area contributed by atoms with Crippen LogP contribution in [0.3, 0.4) is 0 Å². The molecule has 1 aromatic rings. The zero-order chi connectivity index (χ0) is 13.0. The first-order valence-corrected chi connectivity index (χ1v) is 6.80. The Morgan fingerprint density at radius 1 is 1.39 bits per heavy atom. The minimum atomic E-state index is 0.647.